The van der Waals surface area contributed by atoms with E-state index < -0.39 is 20.2 Å². The molecular formula is C48H64N3O6P. The van der Waals surface area contributed by atoms with Gasteiger partial charge in [-0.25, -0.2) is 9.46 Å². The average molecular weight is 810 g/mol. The van der Waals surface area contributed by atoms with Gasteiger partial charge in [-0.2, -0.15) is 5.26 Å². The number of nitrogens with zero attached hydrogens (tertiary/aromatic N) is 2. The highest BCUT2D eigenvalue weighted by Crippen LogP contribution is 2.54. The summed E-state index contributed by atoms with van der Waals surface area (Å²) in [6, 6.07) is 29.8. The van der Waals surface area contributed by atoms with E-state index in [1.54, 1.807) is 0 Å². The Bertz CT molecular complexity index is 1710. The number of hydrogen-bond acceptors (Lipinski definition) is 8. The van der Waals surface area contributed by atoms with Crippen molar-refractivity contribution in [1.82, 2.24) is 9.99 Å². The van der Waals surface area contributed by atoms with Crippen LogP contribution in [-0.4, -0.2) is 68.5 Å². The maximum Gasteiger partial charge on any atom is 0.407 e. The van der Waals surface area contributed by atoms with Gasteiger partial charge in [0.25, 0.3) is 8.53 Å². The standard InChI is InChI=1S/C48H64N3O6P/c1-36(2)51(37(3)4)58(56-32-14-29-49)57-43(34-53-31-15-30-50-47(52)54-33-28-46-44-18-12-7-8-13-19-45(44)46)35-55-48(40-16-10-9-11-17-40,41-24-20-38(5)21-25-41)42-26-22-39(6)23-27-42/h9-11,16-17,20-27,36-37,43-46H,12-15,18-19,28,30-35H2,1-6H3,(H,50,52)/t43?,44-,45+,46?,58?. The zero-order valence-corrected chi connectivity index (χ0v) is 36.3. The van der Waals surface area contributed by atoms with Crippen LogP contribution in [0.4, 0.5) is 4.79 Å². The molecule has 3 aromatic carbocycles. The summed E-state index contributed by atoms with van der Waals surface area (Å²) in [4.78, 5) is 12.5. The van der Waals surface area contributed by atoms with Gasteiger partial charge in [-0.1, -0.05) is 90.0 Å². The molecule has 0 spiro atoms. The molecule has 9 nitrogen and oxygen atoms in total. The van der Waals surface area contributed by atoms with Crippen molar-refractivity contribution in [2.45, 2.75) is 110 Å². The Kier molecular flexibility index (Phi) is 18.1. The van der Waals surface area contributed by atoms with Crippen molar-refractivity contribution < 1.29 is 28.1 Å². The summed E-state index contributed by atoms with van der Waals surface area (Å²) >= 11 is 0. The zero-order chi connectivity index (χ0) is 41.3. The van der Waals surface area contributed by atoms with Crippen molar-refractivity contribution in [3.63, 3.8) is 0 Å². The Labute approximate surface area is 349 Å². The number of fused-ring (bicyclic) bond motifs is 1. The van der Waals surface area contributed by atoms with Crippen molar-refractivity contribution in [2.75, 3.05) is 39.6 Å². The van der Waals surface area contributed by atoms with Gasteiger partial charge >= 0.3 is 6.09 Å². The molecule has 3 aromatic rings. The molecule has 1 saturated carbocycles. The average Bonchev–Trinajstić information content (AvgIpc) is 3.85. The van der Waals surface area contributed by atoms with Crippen molar-refractivity contribution in [1.29, 1.82) is 5.26 Å². The van der Waals surface area contributed by atoms with Crippen LogP contribution in [0.15, 0.2) is 78.9 Å². The van der Waals surface area contributed by atoms with Gasteiger partial charge in [0.15, 0.2) is 0 Å². The molecule has 1 N–H and O–H groups in total. The van der Waals surface area contributed by atoms with Crippen LogP contribution in [-0.2, 0) is 28.9 Å². The topological polar surface area (TPSA) is 102 Å². The van der Waals surface area contributed by atoms with Gasteiger partial charge in [0.1, 0.15) is 11.7 Å². The molecule has 5 rings (SSSR count). The first-order chi connectivity index (χ1) is 28.1. The van der Waals surface area contributed by atoms with Crippen LogP contribution >= 0.6 is 8.53 Å². The Balaban J connectivity index is 1.27. The maximum absolute atomic E-state index is 12.5. The highest BCUT2D eigenvalue weighted by Gasteiger charge is 2.48. The zero-order valence-electron chi connectivity index (χ0n) is 35.5. The molecule has 0 heterocycles. The second-order valence-electron chi connectivity index (χ2n) is 16.1. The van der Waals surface area contributed by atoms with Crippen LogP contribution in [0.3, 0.4) is 0 Å². The maximum atomic E-state index is 12.5. The fourth-order valence-corrected chi connectivity index (χ4v) is 9.81. The second-order valence-corrected chi connectivity index (χ2v) is 17.5. The van der Waals surface area contributed by atoms with Crippen LogP contribution in [0.2, 0.25) is 0 Å². The van der Waals surface area contributed by atoms with E-state index in [0.717, 1.165) is 58.9 Å². The predicted molar refractivity (Wildman–Crippen MR) is 231 cm³/mol. The molecule has 2 aliphatic carbocycles. The van der Waals surface area contributed by atoms with Crippen molar-refractivity contribution in [2.24, 2.45) is 17.8 Å². The number of alkyl carbamates (subject to hydrolysis) is 1. The van der Waals surface area contributed by atoms with Crippen LogP contribution in [0.25, 0.3) is 0 Å². The largest absolute Gasteiger partial charge is 0.450 e. The molecule has 0 saturated heterocycles. The minimum Gasteiger partial charge on any atom is -0.450 e. The van der Waals surface area contributed by atoms with E-state index in [2.05, 4.69) is 130 Å². The van der Waals surface area contributed by atoms with Crippen molar-refractivity contribution in [3.8, 4) is 17.9 Å². The summed E-state index contributed by atoms with van der Waals surface area (Å²) in [6.07, 6.45) is 5.18. The first-order valence-corrected chi connectivity index (χ1v) is 22.3. The van der Waals surface area contributed by atoms with Crippen molar-refractivity contribution >= 4 is 14.6 Å². The van der Waals surface area contributed by atoms with Gasteiger partial charge < -0.3 is 28.6 Å². The Morgan fingerprint density at radius 2 is 1.43 bits per heavy atom. The fourth-order valence-electron chi connectivity index (χ4n) is 8.13. The van der Waals surface area contributed by atoms with Gasteiger partial charge in [0, 0.05) is 38.1 Å². The summed E-state index contributed by atoms with van der Waals surface area (Å²) in [6.45, 7) is 14.6. The van der Waals surface area contributed by atoms with Gasteiger partial charge in [-0.3, -0.25) is 0 Å². The first-order valence-electron chi connectivity index (χ1n) is 21.2. The number of carbonyl (C=O) groups excluding carboxylic acids is 1. The lowest BCUT2D eigenvalue weighted by Gasteiger charge is -2.39. The number of amides is 1. The molecule has 0 aliphatic heterocycles. The molecule has 1 amide bonds. The van der Waals surface area contributed by atoms with Crippen LogP contribution < -0.4 is 5.32 Å². The minimum atomic E-state index is -1.58. The second kappa shape index (κ2) is 23.1. The van der Waals surface area contributed by atoms with E-state index >= 15 is 0 Å². The fraction of sp³-hybridized carbons (Fsp3) is 0.542. The summed E-state index contributed by atoms with van der Waals surface area (Å²) in [5, 5.41) is 12.2. The quantitative estimate of drug-likeness (QED) is 0.0437. The van der Waals surface area contributed by atoms with E-state index in [-0.39, 0.29) is 44.4 Å². The number of nitrogens with one attached hydrogen (secondary N) is 1. The third kappa shape index (κ3) is 12.9. The SMILES string of the molecule is Cc1ccc(C(OCC(COCCCNC(=O)OCCC2[C@H]3CCC#CCC[C@@H]23)OP(OCCC#N)N(C(C)C)C(C)C)(c2ccccc2)c2ccc(C)cc2)cc1. The van der Waals surface area contributed by atoms with E-state index in [4.69, 9.17) is 23.3 Å². The lowest BCUT2D eigenvalue weighted by Crippen LogP contribution is -2.39. The number of rotatable bonds is 23. The lowest BCUT2D eigenvalue weighted by molar-refractivity contribution is -0.0589. The molecule has 2 aliphatic rings. The van der Waals surface area contributed by atoms with E-state index in [9.17, 15) is 10.1 Å². The summed E-state index contributed by atoms with van der Waals surface area (Å²) < 4.78 is 34.6. The monoisotopic (exact) mass is 809 g/mol. The van der Waals surface area contributed by atoms with E-state index in [0.29, 0.717) is 32.1 Å². The molecule has 0 radical (unpaired) electrons. The normalized spacial score (nSPS) is 18.7. The van der Waals surface area contributed by atoms with E-state index in [1.807, 2.05) is 18.2 Å². The molecule has 58 heavy (non-hydrogen) atoms. The van der Waals surface area contributed by atoms with Gasteiger partial charge in [-0.15, -0.1) is 11.8 Å². The summed E-state index contributed by atoms with van der Waals surface area (Å²) in [5.41, 5.74) is 4.36. The molecule has 0 bridgehead atoms. The Hall–Kier alpha value is -3.79. The Morgan fingerprint density at radius 1 is 0.845 bits per heavy atom. The van der Waals surface area contributed by atoms with Crippen LogP contribution in [0.5, 0.6) is 0 Å². The predicted octanol–water partition coefficient (Wildman–Crippen LogP) is 10.2. The minimum absolute atomic E-state index is 0.127. The molecule has 3 unspecified atom stereocenters. The number of hydrogen-bond donors (Lipinski definition) is 1. The van der Waals surface area contributed by atoms with Gasteiger partial charge in [0.2, 0.25) is 0 Å². The van der Waals surface area contributed by atoms with Crippen molar-refractivity contribution in [3.05, 3.63) is 107 Å². The molecule has 10 heteroatoms. The Morgan fingerprint density at radius 3 is 2.00 bits per heavy atom. The van der Waals surface area contributed by atoms with Crippen LogP contribution in [0, 0.1) is 54.8 Å². The van der Waals surface area contributed by atoms with Gasteiger partial charge in [-0.05, 0) is 102 Å². The number of ether oxygens (including phenoxy) is 3. The number of aryl methyl sites for hydroxylation is 2. The van der Waals surface area contributed by atoms with Crippen LogP contribution in [0.1, 0.15) is 100 Å². The molecule has 312 valence electrons. The van der Waals surface area contributed by atoms with Gasteiger partial charge in [0.05, 0.1) is 38.9 Å². The van der Waals surface area contributed by atoms with E-state index in [1.165, 1.54) is 12.8 Å². The highest BCUT2D eigenvalue weighted by molar-refractivity contribution is 7.44. The summed E-state index contributed by atoms with van der Waals surface area (Å²) in [5.74, 6) is 8.67. The molecule has 1 fully saturated rings. The molecular weight excluding hydrogens is 746 g/mol. The first kappa shape index (κ1) is 45.3. The third-order valence-electron chi connectivity index (χ3n) is 11.0. The smallest absolute Gasteiger partial charge is 0.407 e. The number of carbonyl (C=O) groups is 1. The molecule has 0 aromatic heterocycles. The lowest BCUT2D eigenvalue weighted by atomic mass is 9.79. The summed E-state index contributed by atoms with van der Waals surface area (Å²) in [7, 11) is -1.58. The molecule has 5 atom stereocenters. The third-order valence-corrected chi connectivity index (χ3v) is 13.2. The number of benzene rings is 3. The highest BCUT2D eigenvalue weighted by atomic mass is 31.2. The number of nitriles is 1.